The van der Waals surface area contributed by atoms with Gasteiger partial charge >= 0.3 is 0 Å². The second-order valence-corrected chi connectivity index (χ2v) is 2.08. The number of thiol groups is 1. The highest BCUT2D eigenvalue weighted by Gasteiger charge is 1.78. The molecule has 0 aliphatic carbocycles. The minimum absolute atomic E-state index is 0.103. The van der Waals surface area contributed by atoms with E-state index in [1.165, 1.54) is 0 Å². The molecule has 7 heavy (non-hydrogen) atoms. The molecule has 0 atom stereocenters. The third kappa shape index (κ3) is 5.91. The summed E-state index contributed by atoms with van der Waals surface area (Å²) in [6.07, 6.45) is 0. The Balaban J connectivity index is 2.98. The van der Waals surface area contributed by atoms with Gasteiger partial charge in [0.25, 0.3) is 0 Å². The van der Waals surface area contributed by atoms with Gasteiger partial charge in [-0.3, -0.25) is 0 Å². The standard InChI is InChI=1S/C3H9NO2S/c1-2-4-3-7(5)6/h4,7H,2-3H2,1H3. The number of rotatable bonds is 3. The van der Waals surface area contributed by atoms with Gasteiger partial charge in [0.2, 0.25) is 0 Å². The molecule has 0 unspecified atom stereocenters. The fourth-order valence-corrected chi connectivity index (χ4v) is 0.609. The van der Waals surface area contributed by atoms with Crippen LogP contribution in [0.2, 0.25) is 0 Å². The molecule has 0 saturated heterocycles. The molecule has 0 aliphatic rings. The predicted octanol–water partition coefficient (Wildman–Crippen LogP) is -0.835. The first-order chi connectivity index (χ1) is 3.27. The van der Waals surface area contributed by atoms with Crippen molar-refractivity contribution in [3.8, 4) is 0 Å². The second-order valence-electron chi connectivity index (χ2n) is 1.09. The van der Waals surface area contributed by atoms with E-state index in [0.29, 0.717) is 6.54 Å². The van der Waals surface area contributed by atoms with Crippen LogP contribution in [0.3, 0.4) is 0 Å². The molecule has 0 aromatic rings. The van der Waals surface area contributed by atoms with Crippen molar-refractivity contribution in [2.45, 2.75) is 6.92 Å². The van der Waals surface area contributed by atoms with Crippen molar-refractivity contribution in [3.63, 3.8) is 0 Å². The third-order valence-electron chi connectivity index (χ3n) is 0.491. The van der Waals surface area contributed by atoms with Gasteiger partial charge in [-0.05, 0) is 6.54 Å². The van der Waals surface area contributed by atoms with E-state index in [2.05, 4.69) is 5.32 Å². The summed E-state index contributed by atoms with van der Waals surface area (Å²) < 4.78 is 19.5. The first-order valence-electron chi connectivity index (χ1n) is 2.10. The Labute approximate surface area is 44.7 Å². The van der Waals surface area contributed by atoms with Gasteiger partial charge in [0.15, 0.2) is 10.7 Å². The summed E-state index contributed by atoms with van der Waals surface area (Å²) in [5.74, 6) is 0.103. The van der Waals surface area contributed by atoms with Crippen molar-refractivity contribution in [2.75, 3.05) is 12.4 Å². The molecule has 0 fully saturated rings. The van der Waals surface area contributed by atoms with Crippen LogP contribution in [-0.2, 0) is 10.7 Å². The number of nitrogens with one attached hydrogen (secondary N) is 1. The highest BCUT2D eigenvalue weighted by molar-refractivity contribution is 7.72. The summed E-state index contributed by atoms with van der Waals surface area (Å²) >= 11 is 0. The number of hydrogen-bond donors (Lipinski definition) is 2. The monoisotopic (exact) mass is 123 g/mol. The minimum atomic E-state index is -2.22. The largest absolute Gasteiger partial charge is 0.304 e. The lowest BCUT2D eigenvalue weighted by Gasteiger charge is -1.87. The second kappa shape index (κ2) is 4.08. The SMILES string of the molecule is CCNC[SH](=O)=O. The van der Waals surface area contributed by atoms with Gasteiger partial charge in [-0.25, -0.2) is 8.42 Å². The van der Waals surface area contributed by atoms with Crippen LogP contribution < -0.4 is 5.32 Å². The van der Waals surface area contributed by atoms with Crippen LogP contribution in [0.1, 0.15) is 6.92 Å². The maximum atomic E-state index is 9.73. The maximum Gasteiger partial charge on any atom is 0.153 e. The van der Waals surface area contributed by atoms with Crippen LogP contribution in [-0.4, -0.2) is 20.8 Å². The quantitative estimate of drug-likeness (QED) is 0.481. The van der Waals surface area contributed by atoms with Crippen molar-refractivity contribution in [1.82, 2.24) is 5.32 Å². The summed E-state index contributed by atoms with van der Waals surface area (Å²) in [5, 5.41) is 2.65. The Morgan fingerprint density at radius 1 is 1.57 bits per heavy atom. The molecule has 0 aromatic heterocycles. The van der Waals surface area contributed by atoms with E-state index in [-0.39, 0.29) is 5.88 Å². The molecule has 0 aromatic carbocycles. The van der Waals surface area contributed by atoms with Gasteiger partial charge in [-0.15, -0.1) is 0 Å². The van der Waals surface area contributed by atoms with Crippen LogP contribution in [0.15, 0.2) is 0 Å². The lowest BCUT2D eigenvalue weighted by molar-refractivity contribution is 0.607. The minimum Gasteiger partial charge on any atom is -0.304 e. The Morgan fingerprint density at radius 2 is 2.14 bits per heavy atom. The predicted molar refractivity (Wildman–Crippen MR) is 28.9 cm³/mol. The number of hydrogen-bond acceptors (Lipinski definition) is 3. The molecule has 0 amide bonds. The fraction of sp³-hybridized carbons (Fsp3) is 1.00. The van der Waals surface area contributed by atoms with Crippen LogP contribution >= 0.6 is 0 Å². The molecule has 4 heteroatoms. The molecule has 0 bridgehead atoms. The Kier molecular flexibility index (Phi) is 4.03. The van der Waals surface area contributed by atoms with Crippen molar-refractivity contribution in [3.05, 3.63) is 0 Å². The van der Waals surface area contributed by atoms with Crippen molar-refractivity contribution >= 4 is 10.7 Å². The van der Waals surface area contributed by atoms with Gasteiger partial charge in [-0.2, -0.15) is 0 Å². The highest BCUT2D eigenvalue weighted by atomic mass is 32.2. The lowest BCUT2D eigenvalue weighted by Crippen LogP contribution is -2.14. The normalized spacial score (nSPS) is 10.0. The summed E-state index contributed by atoms with van der Waals surface area (Å²) in [7, 11) is -2.22. The van der Waals surface area contributed by atoms with Gasteiger partial charge < -0.3 is 5.32 Å². The van der Waals surface area contributed by atoms with Crippen molar-refractivity contribution in [2.24, 2.45) is 0 Å². The summed E-state index contributed by atoms with van der Waals surface area (Å²) in [6, 6.07) is 0. The van der Waals surface area contributed by atoms with E-state index >= 15 is 0 Å². The zero-order valence-electron chi connectivity index (χ0n) is 4.18. The molecule has 1 N–H and O–H groups in total. The molecule has 0 heterocycles. The van der Waals surface area contributed by atoms with Crippen LogP contribution in [0.5, 0.6) is 0 Å². The third-order valence-corrected chi connectivity index (χ3v) is 0.973. The molecule has 44 valence electrons. The average Bonchev–Trinajstić information content (AvgIpc) is 1.61. The Hall–Kier alpha value is -0.0900. The lowest BCUT2D eigenvalue weighted by atomic mass is 10.8. The first kappa shape index (κ1) is 6.91. The van der Waals surface area contributed by atoms with Gasteiger partial charge in [-0.1, -0.05) is 6.92 Å². The van der Waals surface area contributed by atoms with E-state index in [0.717, 1.165) is 0 Å². The first-order valence-corrected chi connectivity index (χ1v) is 3.46. The van der Waals surface area contributed by atoms with E-state index in [1.807, 2.05) is 6.92 Å². The molecule has 0 spiro atoms. The van der Waals surface area contributed by atoms with E-state index in [4.69, 9.17) is 0 Å². The van der Waals surface area contributed by atoms with Gasteiger partial charge in [0.05, 0.1) is 5.88 Å². The fourth-order valence-electron chi connectivity index (χ4n) is 0.203. The Morgan fingerprint density at radius 3 is 2.29 bits per heavy atom. The summed E-state index contributed by atoms with van der Waals surface area (Å²) in [5.41, 5.74) is 0. The zero-order valence-corrected chi connectivity index (χ0v) is 5.07. The molecule has 0 rings (SSSR count). The molecular weight excluding hydrogens is 114 g/mol. The smallest absolute Gasteiger partial charge is 0.153 e. The van der Waals surface area contributed by atoms with E-state index < -0.39 is 10.7 Å². The topological polar surface area (TPSA) is 46.2 Å². The summed E-state index contributed by atoms with van der Waals surface area (Å²) in [6.45, 7) is 2.57. The van der Waals surface area contributed by atoms with Crippen LogP contribution in [0.25, 0.3) is 0 Å². The molecule has 0 saturated carbocycles. The van der Waals surface area contributed by atoms with Gasteiger partial charge in [0.1, 0.15) is 0 Å². The summed E-state index contributed by atoms with van der Waals surface area (Å²) in [4.78, 5) is 0. The van der Waals surface area contributed by atoms with Gasteiger partial charge in [0, 0.05) is 0 Å². The van der Waals surface area contributed by atoms with Crippen molar-refractivity contribution in [1.29, 1.82) is 0 Å². The van der Waals surface area contributed by atoms with Crippen molar-refractivity contribution < 1.29 is 8.42 Å². The van der Waals surface area contributed by atoms with E-state index in [1.54, 1.807) is 0 Å². The van der Waals surface area contributed by atoms with Crippen LogP contribution in [0.4, 0.5) is 0 Å². The molecule has 0 aliphatic heterocycles. The zero-order chi connectivity index (χ0) is 5.70. The van der Waals surface area contributed by atoms with Crippen LogP contribution in [0, 0.1) is 0 Å². The van der Waals surface area contributed by atoms with E-state index in [9.17, 15) is 8.42 Å². The Bertz CT molecular complexity index is 91.1. The maximum absolute atomic E-state index is 9.73. The highest BCUT2D eigenvalue weighted by Crippen LogP contribution is 1.55. The molecule has 0 radical (unpaired) electrons. The molecular formula is C3H9NO2S. The molecule has 3 nitrogen and oxygen atoms in total. The average molecular weight is 123 g/mol.